The molecule has 654 valence electrons. The van der Waals surface area contributed by atoms with Crippen molar-refractivity contribution in [2.45, 2.75) is 103 Å². The van der Waals surface area contributed by atoms with Gasteiger partial charge in [-0.15, -0.1) is 11.3 Å². The number of imide groups is 1. The van der Waals surface area contributed by atoms with E-state index in [0.29, 0.717) is 127 Å². The number of thiophene rings is 1. The minimum absolute atomic E-state index is 0.0199. The van der Waals surface area contributed by atoms with Crippen LogP contribution in [0.15, 0.2) is 134 Å². The summed E-state index contributed by atoms with van der Waals surface area (Å²) in [5.41, 5.74) is 10.9. The standard InChI is InChI=1S/C84H97ClFN14O21PS/c1-50(2)74(96-68(102)30-39-117-40-36-99-69(103)27-28-70(99)104)78(106)95-61(15-11-31-89-83(87)111)77(105)93-57-24-21-54(55(43-57)45-97(4)84(112)120-48-62(81(107)108)94-67(101)18-12-42-122(113,114)115)46-100(5)37-33-98(34-38-100)35-41-118-65-26-25-59(51(3)73(65)85)71-72-79(90-49-91-80(72)123-75(71)52-19-22-56(86)23-20-52)121-66(82(109)110)44-53-13-7-9-16-63(53)119-47-58-29-32-88-76(92-58)60-14-8-10-17-64(60)116-6/h7-10,13-14,16-17,19-29,32,43,49-50,61-62,66,74H,11-12,15,18,30-31,33-42,44-48H2,1-6H3,(H10-,87,89,93,94,95,96,101,102,105,106,107,108,109,110,111,113,114,115)/p+1/t61-,62-,66+,74-/m0/s1. The molecule has 5 aromatic carbocycles. The number of carboxylic acid groups (broad SMARTS) is 2. The van der Waals surface area contributed by atoms with E-state index in [1.165, 1.54) is 36.8 Å². The van der Waals surface area contributed by atoms with Gasteiger partial charge >= 0.3 is 31.7 Å². The molecular weight excluding hydrogens is 1660 g/mol. The molecule has 9 amide bonds. The number of anilines is 1. The largest absolute Gasteiger partial charge is 0.496 e. The molecule has 0 unspecified atom stereocenters. The van der Waals surface area contributed by atoms with Crippen molar-refractivity contribution in [3.05, 3.63) is 173 Å². The first-order valence-corrected chi connectivity index (χ1v) is 42.4. The van der Waals surface area contributed by atoms with Gasteiger partial charge in [-0.1, -0.05) is 80.0 Å². The Morgan fingerprint density at radius 2 is 1.48 bits per heavy atom. The number of para-hydroxylation sites is 2. The van der Waals surface area contributed by atoms with Crippen molar-refractivity contribution in [1.82, 2.24) is 55.9 Å². The summed E-state index contributed by atoms with van der Waals surface area (Å²) in [6.45, 7) is 7.53. The van der Waals surface area contributed by atoms with E-state index in [1.54, 1.807) is 93.9 Å². The van der Waals surface area contributed by atoms with Crippen LogP contribution >= 0.6 is 30.5 Å². The highest BCUT2D eigenvalue weighted by molar-refractivity contribution is 7.51. The van der Waals surface area contributed by atoms with Crippen LogP contribution in [0.2, 0.25) is 5.02 Å². The second kappa shape index (κ2) is 43.6. The fraction of sp³-hybridized carbons (Fsp3) is 0.381. The van der Waals surface area contributed by atoms with Crippen molar-refractivity contribution >= 4 is 106 Å². The minimum Gasteiger partial charge on any atom is -0.496 e. The number of halogens is 2. The number of quaternary nitrogens is 1. The summed E-state index contributed by atoms with van der Waals surface area (Å²) >= 11 is 8.58. The van der Waals surface area contributed by atoms with Gasteiger partial charge in [0.1, 0.15) is 72.7 Å². The Kier molecular flexibility index (Phi) is 33.0. The molecule has 0 radical (unpaired) electrons. The van der Waals surface area contributed by atoms with Crippen LogP contribution in [-0.2, 0) is 78.5 Å². The number of fused-ring (bicyclic) bond motifs is 1. The average Bonchev–Trinajstić information content (AvgIpc) is 1.57. The Morgan fingerprint density at radius 3 is 2.18 bits per heavy atom. The normalized spacial score (nSPS) is 14.3. The van der Waals surface area contributed by atoms with E-state index < -0.39 is 122 Å². The number of nitrogens with zero attached hydrogens (tertiary/aromatic N) is 8. The van der Waals surface area contributed by atoms with Crippen LogP contribution < -0.4 is 51.3 Å². The number of likely N-dealkylation sites (N-methyl/N-ethyl adjacent to an activating group) is 1. The lowest BCUT2D eigenvalue weighted by molar-refractivity contribution is -0.926. The third-order valence-corrected chi connectivity index (χ3v) is 22.9. The van der Waals surface area contributed by atoms with E-state index in [-0.39, 0.29) is 94.8 Å². The summed E-state index contributed by atoms with van der Waals surface area (Å²) in [6, 6.07) is 25.7. The fourth-order valence-electron chi connectivity index (χ4n) is 13.7. The number of nitrogens with one attached hydrogen (secondary N) is 5. The highest BCUT2D eigenvalue weighted by Gasteiger charge is 2.35. The number of methoxy groups -OCH3 is 1. The lowest BCUT2D eigenvalue weighted by Crippen LogP contribution is -2.57. The molecule has 0 saturated carbocycles. The van der Waals surface area contributed by atoms with E-state index in [9.17, 15) is 76.9 Å². The lowest BCUT2D eigenvalue weighted by Gasteiger charge is -2.42. The van der Waals surface area contributed by atoms with Gasteiger partial charge in [0.15, 0.2) is 11.9 Å². The van der Waals surface area contributed by atoms with Crippen molar-refractivity contribution in [2.75, 3.05) is 105 Å². The summed E-state index contributed by atoms with van der Waals surface area (Å²) in [4.78, 5) is 172. The third-order valence-electron chi connectivity index (χ3n) is 20.4. The van der Waals surface area contributed by atoms with Gasteiger partial charge in [0, 0.05) is 99.1 Å². The van der Waals surface area contributed by atoms with Gasteiger partial charge in [0.25, 0.3) is 11.8 Å². The zero-order valence-corrected chi connectivity index (χ0v) is 70.9. The maximum Gasteiger partial charge on any atom is 0.409 e. The molecule has 0 aliphatic carbocycles. The van der Waals surface area contributed by atoms with Crippen LogP contribution in [-0.4, -0.2) is 242 Å². The first-order valence-electron chi connectivity index (χ1n) is 39.4. The Balaban J connectivity index is 0.821. The second-order valence-corrected chi connectivity index (χ2v) is 33.1. The number of aliphatic carboxylic acids is 2. The summed E-state index contributed by atoms with van der Waals surface area (Å²) in [7, 11) is 0.570. The van der Waals surface area contributed by atoms with Crippen LogP contribution in [0.5, 0.6) is 23.1 Å². The number of urea groups is 1. The Labute approximate surface area is 716 Å². The average molecular weight is 1760 g/mol. The van der Waals surface area contributed by atoms with Crippen molar-refractivity contribution < 1.29 is 110 Å². The van der Waals surface area contributed by atoms with E-state index in [2.05, 4.69) is 53.5 Å². The van der Waals surface area contributed by atoms with Gasteiger partial charge < -0.3 is 90.1 Å². The van der Waals surface area contributed by atoms with E-state index in [1.807, 2.05) is 37.3 Å². The number of ether oxygens (including phenoxy) is 6. The van der Waals surface area contributed by atoms with Crippen LogP contribution in [0.4, 0.5) is 19.7 Å². The van der Waals surface area contributed by atoms with Crippen LogP contribution in [0.3, 0.4) is 0 Å². The lowest BCUT2D eigenvalue weighted by atomic mass is 9.96. The zero-order valence-electron chi connectivity index (χ0n) is 68.4. The summed E-state index contributed by atoms with van der Waals surface area (Å²) in [6.07, 6.45) is 1.17. The molecule has 0 spiro atoms. The molecule has 1 saturated heterocycles. The predicted molar refractivity (Wildman–Crippen MR) is 451 cm³/mol. The van der Waals surface area contributed by atoms with Gasteiger partial charge in [-0.3, -0.25) is 43.1 Å². The van der Waals surface area contributed by atoms with Crippen LogP contribution in [0, 0.1) is 18.7 Å². The number of hydrogen-bond acceptors (Lipinski definition) is 23. The Morgan fingerprint density at radius 1 is 0.764 bits per heavy atom. The number of piperazine rings is 1. The molecule has 2 aliphatic heterocycles. The minimum atomic E-state index is -4.45. The van der Waals surface area contributed by atoms with Gasteiger partial charge in [0.05, 0.1) is 74.8 Å². The number of carbonyl (C=O) groups is 10. The summed E-state index contributed by atoms with van der Waals surface area (Å²) < 4.78 is 62.1. The second-order valence-electron chi connectivity index (χ2n) is 29.9. The molecule has 39 heteroatoms. The number of benzene rings is 5. The highest BCUT2D eigenvalue weighted by atomic mass is 35.5. The number of rotatable bonds is 44. The Bertz CT molecular complexity index is 5230. The number of carbonyl (C=O) groups excluding carboxylic acids is 8. The highest BCUT2D eigenvalue weighted by Crippen LogP contribution is 2.50. The fourth-order valence-corrected chi connectivity index (χ4v) is 15.6. The molecule has 11 N–H and O–H groups in total. The van der Waals surface area contributed by atoms with Crippen molar-refractivity contribution in [1.29, 1.82) is 0 Å². The molecule has 4 atom stereocenters. The number of hydrogen-bond donors (Lipinski definition) is 10. The van der Waals surface area contributed by atoms with Crippen molar-refractivity contribution in [3.8, 4) is 56.1 Å². The van der Waals surface area contributed by atoms with Crippen molar-refractivity contribution in [3.63, 3.8) is 0 Å². The molecule has 0 bridgehead atoms. The first kappa shape index (κ1) is 93.2. The van der Waals surface area contributed by atoms with E-state index >= 15 is 0 Å². The van der Waals surface area contributed by atoms with Gasteiger partial charge in [-0.25, -0.2) is 43.5 Å². The molecule has 5 heterocycles. The van der Waals surface area contributed by atoms with E-state index in [0.717, 1.165) is 27.5 Å². The molecular formula is C84H98ClFN14O21PS+. The number of amides is 9. The van der Waals surface area contributed by atoms with Gasteiger partial charge in [0.2, 0.25) is 35.6 Å². The SMILES string of the molecule is COc1ccccc1-c1nccc(COc2ccccc2C[C@@H](Oc2ncnc3sc(-c4ccc(F)cc4)c(-c4ccc(OCCN5CC[N+](C)(Cc6ccc(NC(=O)[C@H](CCCNC(N)=O)NC(=O)[C@@H](NC(=O)CCOCCN7C(=O)C=CC7=O)C(C)C)cc6CN(C)C(=O)OC[C@H](NC(=O)CCCP(=O)(O)O)C(=O)O)CC5)c(Cl)c4C)c23)C(=O)O)n1. The predicted octanol–water partition coefficient (Wildman–Crippen LogP) is 8.03. The molecule has 123 heavy (non-hydrogen) atoms. The quantitative estimate of drug-likeness (QED) is 0.00747. The third kappa shape index (κ3) is 26.5. The molecule has 3 aromatic heterocycles. The van der Waals surface area contributed by atoms with Crippen LogP contribution in [0.1, 0.15) is 73.9 Å². The molecule has 2 aliphatic rings. The number of primary amides is 1. The molecule has 35 nitrogen and oxygen atoms in total. The summed E-state index contributed by atoms with van der Waals surface area (Å²) in [5.74, 6) is -5.83. The Hall–Kier alpha value is -12.1. The molecule has 10 rings (SSSR count). The monoisotopic (exact) mass is 1760 g/mol. The summed E-state index contributed by atoms with van der Waals surface area (Å²) in [5, 5.41) is 34.5. The maximum atomic E-state index is 14.6. The smallest absolute Gasteiger partial charge is 0.409 e. The van der Waals surface area contributed by atoms with Crippen LogP contribution in [0.25, 0.3) is 43.2 Å². The number of nitrogens with two attached hydrogens (primary N) is 1. The number of carboxylic acids is 2. The maximum absolute atomic E-state index is 14.6. The number of aromatic nitrogens is 4. The van der Waals surface area contributed by atoms with Gasteiger partial charge in [-0.05, 0) is 115 Å². The topological polar surface area (TPSA) is 472 Å². The zero-order chi connectivity index (χ0) is 88.7. The molecule has 1 fully saturated rings. The van der Waals surface area contributed by atoms with Gasteiger partial charge in [-0.2, -0.15) is 0 Å². The first-order chi connectivity index (χ1) is 58.7. The van der Waals surface area contributed by atoms with E-state index in [4.69, 9.17) is 50.7 Å². The van der Waals surface area contributed by atoms with Crippen molar-refractivity contribution in [2.24, 2.45) is 11.7 Å². The molecule has 8 aromatic rings.